The average molecular weight is 303 g/mol. The Kier molecular flexibility index (Phi) is 3.71. The summed E-state index contributed by atoms with van der Waals surface area (Å²) in [5.74, 6) is 2.33. The Morgan fingerprint density at radius 1 is 1.05 bits per heavy atom. The van der Waals surface area contributed by atoms with E-state index in [1.807, 2.05) is 36.4 Å². The fraction of sp³-hybridized carbons (Fsp3) is 0.188. The van der Waals surface area contributed by atoms with Gasteiger partial charge < -0.3 is 14.5 Å². The predicted octanol–water partition coefficient (Wildman–Crippen LogP) is 3.82. The van der Waals surface area contributed by atoms with Crippen molar-refractivity contribution in [1.82, 2.24) is 9.97 Å². The maximum atomic E-state index is 5.98. The molecule has 0 spiro atoms. The largest absolute Gasteiger partial charge is 0.493 e. The van der Waals surface area contributed by atoms with Crippen molar-refractivity contribution in [3.63, 3.8) is 0 Å². The van der Waals surface area contributed by atoms with E-state index in [0.29, 0.717) is 17.2 Å². The minimum atomic E-state index is 0.687. The van der Waals surface area contributed by atoms with Crippen LogP contribution in [0, 0.1) is 0 Å². The van der Waals surface area contributed by atoms with E-state index in [9.17, 15) is 0 Å². The number of halogens is 1. The molecule has 3 aromatic rings. The molecule has 0 amide bonds. The number of imidazole rings is 1. The molecule has 0 fully saturated rings. The third-order valence-corrected chi connectivity index (χ3v) is 3.55. The second-order valence-corrected chi connectivity index (χ2v) is 5.15. The highest BCUT2D eigenvalue weighted by molar-refractivity contribution is 6.31. The molecule has 0 saturated heterocycles. The second kappa shape index (κ2) is 5.66. The molecule has 0 saturated carbocycles. The van der Waals surface area contributed by atoms with E-state index in [2.05, 4.69) is 9.97 Å². The van der Waals surface area contributed by atoms with Gasteiger partial charge in [-0.2, -0.15) is 0 Å². The molecule has 0 bridgehead atoms. The fourth-order valence-electron chi connectivity index (χ4n) is 2.30. The number of nitrogens with zero attached hydrogens (tertiary/aromatic N) is 1. The molecule has 21 heavy (non-hydrogen) atoms. The number of methoxy groups -OCH3 is 2. The molecule has 2 aromatic carbocycles. The molecule has 4 nitrogen and oxygen atoms in total. The van der Waals surface area contributed by atoms with Crippen LogP contribution in [0.2, 0.25) is 5.02 Å². The van der Waals surface area contributed by atoms with Crippen LogP contribution in [-0.4, -0.2) is 24.2 Å². The molecule has 1 aromatic heterocycles. The third-order valence-electron chi connectivity index (χ3n) is 3.31. The normalized spacial score (nSPS) is 10.8. The molecule has 0 atom stereocenters. The molecule has 0 aliphatic heterocycles. The minimum absolute atomic E-state index is 0.687. The van der Waals surface area contributed by atoms with Crippen molar-refractivity contribution in [3.8, 4) is 11.5 Å². The van der Waals surface area contributed by atoms with Gasteiger partial charge in [-0.25, -0.2) is 4.98 Å². The zero-order chi connectivity index (χ0) is 14.8. The molecular formula is C16H15ClN2O2. The minimum Gasteiger partial charge on any atom is -0.493 e. The first-order valence-electron chi connectivity index (χ1n) is 6.54. The molecule has 1 N–H and O–H groups in total. The summed E-state index contributed by atoms with van der Waals surface area (Å²) in [6.45, 7) is 0. The zero-order valence-electron chi connectivity index (χ0n) is 11.8. The first-order valence-corrected chi connectivity index (χ1v) is 6.92. The van der Waals surface area contributed by atoms with Crippen molar-refractivity contribution >= 4 is 22.6 Å². The Balaban J connectivity index is 1.91. The smallest absolute Gasteiger partial charge is 0.161 e. The van der Waals surface area contributed by atoms with Crippen LogP contribution in [0.1, 0.15) is 11.4 Å². The van der Waals surface area contributed by atoms with Crippen LogP contribution in [0.4, 0.5) is 0 Å². The summed E-state index contributed by atoms with van der Waals surface area (Å²) >= 11 is 5.98. The highest BCUT2D eigenvalue weighted by Crippen LogP contribution is 2.28. The number of aromatic nitrogens is 2. The zero-order valence-corrected chi connectivity index (χ0v) is 12.6. The number of benzene rings is 2. The number of ether oxygens (including phenoxy) is 2. The fourth-order valence-corrected chi connectivity index (χ4v) is 2.47. The highest BCUT2D eigenvalue weighted by atomic mass is 35.5. The van der Waals surface area contributed by atoms with E-state index in [0.717, 1.165) is 28.2 Å². The topological polar surface area (TPSA) is 47.1 Å². The standard InChI is InChI=1S/C16H15ClN2O2/c1-20-14-6-3-10(7-15(14)21-2)8-16-18-12-5-4-11(17)9-13(12)19-16/h3-7,9H,8H2,1-2H3,(H,18,19). The van der Waals surface area contributed by atoms with Gasteiger partial charge in [-0.3, -0.25) is 0 Å². The first-order chi connectivity index (χ1) is 10.2. The van der Waals surface area contributed by atoms with Gasteiger partial charge in [0.25, 0.3) is 0 Å². The van der Waals surface area contributed by atoms with E-state index in [4.69, 9.17) is 21.1 Å². The predicted molar refractivity (Wildman–Crippen MR) is 83.5 cm³/mol. The van der Waals surface area contributed by atoms with Crippen LogP contribution < -0.4 is 9.47 Å². The Labute approximate surface area is 127 Å². The molecule has 1 heterocycles. The summed E-state index contributed by atoms with van der Waals surface area (Å²) in [5, 5.41) is 0.698. The van der Waals surface area contributed by atoms with Crippen LogP contribution in [0.15, 0.2) is 36.4 Å². The number of fused-ring (bicyclic) bond motifs is 1. The molecule has 0 unspecified atom stereocenters. The number of nitrogens with one attached hydrogen (secondary N) is 1. The van der Waals surface area contributed by atoms with Gasteiger partial charge in [-0.1, -0.05) is 17.7 Å². The van der Waals surface area contributed by atoms with Gasteiger partial charge in [0.15, 0.2) is 11.5 Å². The number of rotatable bonds is 4. The molecule has 0 aliphatic rings. The monoisotopic (exact) mass is 302 g/mol. The van der Waals surface area contributed by atoms with Crippen molar-refractivity contribution < 1.29 is 9.47 Å². The van der Waals surface area contributed by atoms with E-state index in [-0.39, 0.29) is 0 Å². The number of aromatic amines is 1. The summed E-state index contributed by atoms with van der Waals surface area (Å²) in [6.07, 6.45) is 0.687. The molecule has 0 radical (unpaired) electrons. The summed E-state index contributed by atoms with van der Waals surface area (Å²) in [4.78, 5) is 7.84. The second-order valence-electron chi connectivity index (χ2n) is 4.71. The van der Waals surface area contributed by atoms with Crippen LogP contribution in [-0.2, 0) is 6.42 Å². The van der Waals surface area contributed by atoms with E-state index in [1.165, 1.54) is 0 Å². The highest BCUT2D eigenvalue weighted by Gasteiger charge is 2.08. The lowest BCUT2D eigenvalue weighted by molar-refractivity contribution is 0.354. The molecule has 0 aliphatic carbocycles. The molecule has 3 rings (SSSR count). The summed E-state index contributed by atoms with van der Waals surface area (Å²) < 4.78 is 10.6. The maximum absolute atomic E-state index is 5.98. The van der Waals surface area contributed by atoms with Crippen LogP contribution >= 0.6 is 11.6 Å². The van der Waals surface area contributed by atoms with Crippen molar-refractivity contribution in [2.24, 2.45) is 0 Å². The molecule has 108 valence electrons. The van der Waals surface area contributed by atoms with Crippen molar-refractivity contribution in [3.05, 3.63) is 52.8 Å². The Bertz CT molecular complexity index is 783. The number of H-pyrrole nitrogens is 1. The number of hydrogen-bond donors (Lipinski definition) is 1. The quantitative estimate of drug-likeness (QED) is 0.797. The summed E-state index contributed by atoms with van der Waals surface area (Å²) in [5.41, 5.74) is 2.95. The van der Waals surface area contributed by atoms with E-state index in [1.54, 1.807) is 14.2 Å². The third kappa shape index (κ3) is 2.81. The van der Waals surface area contributed by atoms with Crippen LogP contribution in [0.5, 0.6) is 11.5 Å². The van der Waals surface area contributed by atoms with Crippen molar-refractivity contribution in [2.75, 3.05) is 14.2 Å². The first kappa shape index (κ1) is 13.8. The number of hydrogen-bond acceptors (Lipinski definition) is 3. The van der Waals surface area contributed by atoms with Gasteiger partial charge >= 0.3 is 0 Å². The van der Waals surface area contributed by atoms with Crippen LogP contribution in [0.3, 0.4) is 0 Å². The Hall–Kier alpha value is -2.20. The van der Waals surface area contributed by atoms with Gasteiger partial charge in [0.2, 0.25) is 0 Å². The van der Waals surface area contributed by atoms with Crippen molar-refractivity contribution in [2.45, 2.75) is 6.42 Å². The summed E-state index contributed by atoms with van der Waals surface area (Å²) in [6, 6.07) is 11.5. The van der Waals surface area contributed by atoms with Crippen molar-refractivity contribution in [1.29, 1.82) is 0 Å². The summed E-state index contributed by atoms with van der Waals surface area (Å²) in [7, 11) is 3.26. The Morgan fingerprint density at radius 3 is 2.62 bits per heavy atom. The van der Waals surface area contributed by atoms with Gasteiger partial charge in [-0.05, 0) is 35.9 Å². The van der Waals surface area contributed by atoms with E-state index >= 15 is 0 Å². The average Bonchev–Trinajstić information content (AvgIpc) is 2.88. The lowest BCUT2D eigenvalue weighted by atomic mass is 10.1. The molecule has 5 heteroatoms. The lowest BCUT2D eigenvalue weighted by Crippen LogP contribution is -1.94. The maximum Gasteiger partial charge on any atom is 0.161 e. The van der Waals surface area contributed by atoms with Gasteiger partial charge in [-0.15, -0.1) is 0 Å². The van der Waals surface area contributed by atoms with E-state index < -0.39 is 0 Å². The van der Waals surface area contributed by atoms with Gasteiger partial charge in [0.1, 0.15) is 5.82 Å². The lowest BCUT2D eigenvalue weighted by Gasteiger charge is -2.08. The van der Waals surface area contributed by atoms with Gasteiger partial charge in [0, 0.05) is 11.4 Å². The Morgan fingerprint density at radius 2 is 1.86 bits per heavy atom. The van der Waals surface area contributed by atoms with Gasteiger partial charge in [0.05, 0.1) is 25.3 Å². The van der Waals surface area contributed by atoms with Crippen LogP contribution in [0.25, 0.3) is 11.0 Å². The molecular weight excluding hydrogens is 288 g/mol. The SMILES string of the molecule is COc1ccc(Cc2nc3ccc(Cl)cc3[nH]2)cc1OC.